The zero-order valence-electron chi connectivity index (χ0n) is 10.3. The molecule has 0 saturated heterocycles. The van der Waals surface area contributed by atoms with Crippen LogP contribution in [0.4, 0.5) is 11.4 Å². The predicted molar refractivity (Wildman–Crippen MR) is 76.4 cm³/mol. The molecule has 0 fully saturated rings. The number of nitrogens with one attached hydrogen (secondary N) is 1. The van der Waals surface area contributed by atoms with Crippen LogP contribution in [-0.2, 0) is 16.6 Å². The second kappa shape index (κ2) is 5.16. The van der Waals surface area contributed by atoms with Crippen LogP contribution in [0, 0.1) is 6.92 Å². The zero-order valence-corrected chi connectivity index (χ0v) is 11.9. The molecule has 0 saturated carbocycles. The van der Waals surface area contributed by atoms with Crippen LogP contribution in [0.2, 0.25) is 0 Å². The summed E-state index contributed by atoms with van der Waals surface area (Å²) >= 11 is 1.53. The van der Waals surface area contributed by atoms with E-state index in [1.165, 1.54) is 29.5 Å². The maximum Gasteiger partial charge on any atom is 0.238 e. The van der Waals surface area contributed by atoms with E-state index in [1.807, 2.05) is 12.3 Å². The molecule has 0 atom stereocenters. The summed E-state index contributed by atoms with van der Waals surface area (Å²) in [5, 5.41) is 11.0. The van der Waals surface area contributed by atoms with Crippen molar-refractivity contribution in [3.63, 3.8) is 0 Å². The lowest BCUT2D eigenvalue weighted by Crippen LogP contribution is -2.13. The molecule has 0 bridgehead atoms. The summed E-state index contributed by atoms with van der Waals surface area (Å²) in [5.74, 6) is 0. The van der Waals surface area contributed by atoms with Gasteiger partial charge in [0.1, 0.15) is 5.01 Å². The number of nitrogen functional groups attached to an aromatic ring is 1. The smallest absolute Gasteiger partial charge is 0.238 e. The Morgan fingerprint density at radius 3 is 2.74 bits per heavy atom. The van der Waals surface area contributed by atoms with Gasteiger partial charge in [-0.3, -0.25) is 0 Å². The largest absolute Gasteiger partial charge is 0.397 e. The summed E-state index contributed by atoms with van der Waals surface area (Å²) in [6.45, 7) is 2.40. The molecular formula is C11H14N4O2S2. The molecule has 0 aliphatic rings. The minimum Gasteiger partial charge on any atom is -0.397 e. The number of primary sulfonamides is 1. The Hall–Kier alpha value is -1.64. The van der Waals surface area contributed by atoms with E-state index in [4.69, 9.17) is 10.9 Å². The van der Waals surface area contributed by atoms with Gasteiger partial charge in [-0.25, -0.2) is 18.5 Å². The summed E-state index contributed by atoms with van der Waals surface area (Å²) < 4.78 is 22.5. The second-order valence-corrected chi connectivity index (χ2v) is 6.53. The summed E-state index contributed by atoms with van der Waals surface area (Å²) in [4.78, 5) is 4.33. The lowest BCUT2D eigenvalue weighted by Gasteiger charge is -2.09. The van der Waals surface area contributed by atoms with Gasteiger partial charge in [0, 0.05) is 11.1 Å². The number of anilines is 2. The number of aryl methyl sites for hydroxylation is 1. The van der Waals surface area contributed by atoms with Crippen molar-refractivity contribution in [2.45, 2.75) is 18.4 Å². The number of sulfonamides is 1. The van der Waals surface area contributed by atoms with Crippen molar-refractivity contribution >= 4 is 32.7 Å². The monoisotopic (exact) mass is 298 g/mol. The fourth-order valence-corrected chi connectivity index (χ4v) is 2.77. The third kappa shape index (κ3) is 3.43. The van der Waals surface area contributed by atoms with E-state index in [9.17, 15) is 8.42 Å². The Kier molecular flexibility index (Phi) is 3.74. The molecule has 1 heterocycles. The standard InChI is InChI=1S/C11H14N4O2S2/c1-7-6-18-11(15-7)5-14-10-4-8(19(13,16)17)2-3-9(10)12/h2-4,6,14H,5,12H2,1H3,(H2,13,16,17). The van der Waals surface area contributed by atoms with Crippen LogP contribution in [0.5, 0.6) is 0 Å². The number of rotatable bonds is 4. The molecule has 0 unspecified atom stereocenters. The number of hydrogen-bond donors (Lipinski definition) is 3. The van der Waals surface area contributed by atoms with Gasteiger partial charge in [0.25, 0.3) is 0 Å². The van der Waals surface area contributed by atoms with Crippen molar-refractivity contribution in [3.8, 4) is 0 Å². The van der Waals surface area contributed by atoms with Gasteiger partial charge < -0.3 is 11.1 Å². The van der Waals surface area contributed by atoms with Gasteiger partial charge in [-0.1, -0.05) is 0 Å². The third-order valence-corrected chi connectivity index (χ3v) is 4.33. The summed E-state index contributed by atoms with van der Waals surface area (Å²) in [7, 11) is -3.73. The quantitative estimate of drug-likeness (QED) is 0.737. The zero-order chi connectivity index (χ0) is 14.0. The third-order valence-electron chi connectivity index (χ3n) is 2.45. The normalized spacial score (nSPS) is 11.5. The van der Waals surface area contributed by atoms with Crippen LogP contribution in [0.25, 0.3) is 0 Å². The van der Waals surface area contributed by atoms with E-state index in [0.29, 0.717) is 17.9 Å². The molecule has 6 nitrogen and oxygen atoms in total. The number of hydrogen-bond acceptors (Lipinski definition) is 6. The maximum atomic E-state index is 11.3. The molecule has 5 N–H and O–H groups in total. The Morgan fingerprint density at radius 1 is 1.42 bits per heavy atom. The molecular weight excluding hydrogens is 284 g/mol. The fourth-order valence-electron chi connectivity index (χ4n) is 1.52. The van der Waals surface area contributed by atoms with E-state index in [2.05, 4.69) is 10.3 Å². The SMILES string of the molecule is Cc1csc(CNc2cc(S(N)(=O)=O)ccc2N)n1. The van der Waals surface area contributed by atoms with E-state index < -0.39 is 10.0 Å². The Labute approximate surface area is 115 Å². The van der Waals surface area contributed by atoms with Gasteiger partial charge in [0.05, 0.1) is 22.8 Å². The fraction of sp³-hybridized carbons (Fsp3) is 0.182. The summed E-state index contributed by atoms with van der Waals surface area (Å²) in [6, 6.07) is 4.31. The molecule has 0 aliphatic heterocycles. The first-order valence-electron chi connectivity index (χ1n) is 5.43. The first kappa shape index (κ1) is 13.8. The van der Waals surface area contributed by atoms with Crippen LogP contribution in [0.3, 0.4) is 0 Å². The van der Waals surface area contributed by atoms with Crippen molar-refractivity contribution < 1.29 is 8.42 Å². The molecule has 8 heteroatoms. The van der Waals surface area contributed by atoms with Crippen LogP contribution in [0.1, 0.15) is 10.7 Å². The van der Waals surface area contributed by atoms with Crippen molar-refractivity contribution in [3.05, 3.63) is 34.3 Å². The predicted octanol–water partition coefficient (Wildman–Crippen LogP) is 1.29. The van der Waals surface area contributed by atoms with E-state index in [0.717, 1.165) is 10.7 Å². The Bertz CT molecular complexity index is 694. The highest BCUT2D eigenvalue weighted by Gasteiger charge is 2.10. The average molecular weight is 298 g/mol. The van der Waals surface area contributed by atoms with E-state index in [-0.39, 0.29) is 4.90 Å². The van der Waals surface area contributed by atoms with Crippen molar-refractivity contribution in [2.24, 2.45) is 5.14 Å². The van der Waals surface area contributed by atoms with E-state index in [1.54, 1.807) is 0 Å². The average Bonchev–Trinajstić information content (AvgIpc) is 2.72. The van der Waals surface area contributed by atoms with Crippen molar-refractivity contribution in [2.75, 3.05) is 11.1 Å². The Morgan fingerprint density at radius 2 is 2.16 bits per heavy atom. The van der Waals surface area contributed by atoms with Gasteiger partial charge in [0.15, 0.2) is 0 Å². The molecule has 0 amide bonds. The number of nitrogens with two attached hydrogens (primary N) is 2. The van der Waals surface area contributed by atoms with E-state index >= 15 is 0 Å². The topological polar surface area (TPSA) is 111 Å². The lowest BCUT2D eigenvalue weighted by molar-refractivity contribution is 0.598. The molecule has 1 aromatic heterocycles. The van der Waals surface area contributed by atoms with Crippen LogP contribution >= 0.6 is 11.3 Å². The Balaban J connectivity index is 2.20. The van der Waals surface area contributed by atoms with Crippen molar-refractivity contribution in [1.82, 2.24) is 4.98 Å². The van der Waals surface area contributed by atoms with Gasteiger partial charge in [-0.2, -0.15) is 0 Å². The van der Waals surface area contributed by atoms with Gasteiger partial charge in [-0.15, -0.1) is 11.3 Å². The first-order chi connectivity index (χ1) is 8.86. The van der Waals surface area contributed by atoms with Crippen molar-refractivity contribution in [1.29, 1.82) is 0 Å². The minimum atomic E-state index is -3.73. The molecule has 0 spiro atoms. The minimum absolute atomic E-state index is 0.0273. The molecule has 1 aromatic carbocycles. The van der Waals surface area contributed by atoms with Crippen LogP contribution in [-0.4, -0.2) is 13.4 Å². The van der Waals surface area contributed by atoms with Gasteiger partial charge in [-0.05, 0) is 25.1 Å². The highest BCUT2D eigenvalue weighted by Crippen LogP contribution is 2.23. The second-order valence-electron chi connectivity index (χ2n) is 4.03. The lowest BCUT2D eigenvalue weighted by atomic mass is 10.2. The first-order valence-corrected chi connectivity index (χ1v) is 7.86. The number of benzene rings is 1. The number of nitrogens with zero attached hydrogens (tertiary/aromatic N) is 1. The van der Waals surface area contributed by atoms with Crippen LogP contribution in [0.15, 0.2) is 28.5 Å². The molecule has 2 aromatic rings. The highest BCUT2D eigenvalue weighted by molar-refractivity contribution is 7.89. The number of thiazole rings is 1. The summed E-state index contributed by atoms with van der Waals surface area (Å²) in [6.07, 6.45) is 0. The molecule has 0 radical (unpaired) electrons. The van der Waals surface area contributed by atoms with Crippen LogP contribution < -0.4 is 16.2 Å². The highest BCUT2D eigenvalue weighted by atomic mass is 32.2. The molecule has 102 valence electrons. The van der Waals surface area contributed by atoms with Gasteiger partial charge >= 0.3 is 0 Å². The maximum absolute atomic E-state index is 11.3. The molecule has 2 rings (SSSR count). The number of aromatic nitrogens is 1. The molecule has 19 heavy (non-hydrogen) atoms. The molecule has 0 aliphatic carbocycles. The summed E-state index contributed by atoms with van der Waals surface area (Å²) in [5.41, 5.74) is 7.73. The van der Waals surface area contributed by atoms with Gasteiger partial charge in [0.2, 0.25) is 10.0 Å².